The third-order valence-corrected chi connectivity index (χ3v) is 5.90. The molecule has 2 aromatic carbocycles. The third-order valence-electron chi connectivity index (χ3n) is 5.01. The molecule has 2 heterocycles. The Morgan fingerprint density at radius 2 is 1.87 bits per heavy atom. The van der Waals surface area contributed by atoms with Gasteiger partial charge in [0.05, 0.1) is 17.0 Å². The molecule has 8 heteroatoms. The molecule has 156 valence electrons. The molecule has 1 aliphatic rings. The highest BCUT2D eigenvalue weighted by Crippen LogP contribution is 2.42. The Morgan fingerprint density at radius 3 is 2.55 bits per heavy atom. The number of Topliss-reactive ketones (excluding diaryl/α,β-unsaturated/α-hetero) is 1. The number of nitrogens with zero attached hydrogens (tertiary/aromatic N) is 2. The number of aryl methyl sites for hydroxylation is 1. The summed E-state index contributed by atoms with van der Waals surface area (Å²) in [5, 5.41) is 11.0. The first-order chi connectivity index (χ1) is 14.8. The molecule has 0 bridgehead atoms. The first-order valence-electron chi connectivity index (χ1n) is 9.23. The van der Waals surface area contributed by atoms with Crippen LogP contribution < -0.4 is 4.90 Å². The zero-order chi connectivity index (χ0) is 22.3. The quantitative estimate of drug-likeness (QED) is 0.320. The number of hydrogen-bond donors (Lipinski definition) is 1. The van der Waals surface area contributed by atoms with Crippen molar-refractivity contribution in [2.75, 3.05) is 4.90 Å². The van der Waals surface area contributed by atoms with Crippen LogP contribution in [0.5, 0.6) is 0 Å². The molecule has 1 atom stereocenters. The first-order valence-corrected chi connectivity index (χ1v) is 10.0. The van der Waals surface area contributed by atoms with Crippen LogP contribution in [0.2, 0.25) is 0 Å². The van der Waals surface area contributed by atoms with Crippen molar-refractivity contribution in [2.45, 2.75) is 13.0 Å². The van der Waals surface area contributed by atoms with E-state index >= 15 is 0 Å². The third kappa shape index (κ3) is 3.63. The van der Waals surface area contributed by atoms with Crippen molar-refractivity contribution >= 4 is 39.1 Å². The molecular formula is C23H15BrF2N2O3. The molecule has 5 nitrogen and oxygen atoms in total. The van der Waals surface area contributed by atoms with Crippen LogP contribution in [0.1, 0.15) is 22.9 Å². The molecule has 1 unspecified atom stereocenters. The molecule has 1 aromatic heterocycles. The van der Waals surface area contributed by atoms with E-state index in [1.807, 2.05) is 0 Å². The van der Waals surface area contributed by atoms with Gasteiger partial charge in [0.15, 0.2) is 0 Å². The van der Waals surface area contributed by atoms with Gasteiger partial charge in [0, 0.05) is 22.3 Å². The maximum absolute atomic E-state index is 14.6. The monoisotopic (exact) mass is 484 g/mol. The fourth-order valence-electron chi connectivity index (χ4n) is 3.52. The lowest BCUT2D eigenvalue weighted by Crippen LogP contribution is -2.30. The van der Waals surface area contributed by atoms with Crippen LogP contribution in [0.15, 0.2) is 70.8 Å². The molecule has 1 fully saturated rings. The summed E-state index contributed by atoms with van der Waals surface area (Å²) in [4.78, 5) is 30.9. The van der Waals surface area contributed by atoms with Crippen LogP contribution in [0.4, 0.5) is 14.5 Å². The average molecular weight is 485 g/mol. The van der Waals surface area contributed by atoms with Crippen molar-refractivity contribution in [1.29, 1.82) is 0 Å². The lowest BCUT2D eigenvalue weighted by molar-refractivity contribution is -0.132. The van der Waals surface area contributed by atoms with Gasteiger partial charge in [0.1, 0.15) is 23.4 Å². The van der Waals surface area contributed by atoms with Gasteiger partial charge in [-0.25, -0.2) is 8.78 Å². The predicted octanol–water partition coefficient (Wildman–Crippen LogP) is 5.06. The number of anilines is 1. The number of aliphatic hydroxyl groups excluding tert-OH is 1. The summed E-state index contributed by atoms with van der Waals surface area (Å²) < 4.78 is 29.3. The molecule has 3 aromatic rings. The Labute approximate surface area is 184 Å². The number of carbonyl (C=O) groups is 2. The van der Waals surface area contributed by atoms with Gasteiger partial charge in [-0.1, -0.05) is 28.1 Å². The number of hydrogen-bond acceptors (Lipinski definition) is 4. The second-order valence-corrected chi connectivity index (χ2v) is 7.84. The van der Waals surface area contributed by atoms with Crippen molar-refractivity contribution in [3.05, 3.63) is 99.3 Å². The standard InChI is InChI=1S/C23H15BrF2N2O3/c1-12-10-13(5-7-15(12)24)21(29)19-20(17-4-2-3-9-27-17)28(23(31)22(19)30)18-11-14(25)6-8-16(18)26/h2-11,20,29H,1H3/b21-19+. The zero-order valence-corrected chi connectivity index (χ0v) is 17.7. The van der Waals surface area contributed by atoms with Crippen molar-refractivity contribution < 1.29 is 23.5 Å². The fourth-order valence-corrected chi connectivity index (χ4v) is 3.76. The number of aliphatic hydroxyl groups is 1. The van der Waals surface area contributed by atoms with Crippen LogP contribution in [0.3, 0.4) is 0 Å². The van der Waals surface area contributed by atoms with E-state index < -0.39 is 40.8 Å². The summed E-state index contributed by atoms with van der Waals surface area (Å²) in [6.07, 6.45) is 1.45. The number of benzene rings is 2. The van der Waals surface area contributed by atoms with Crippen molar-refractivity contribution in [2.24, 2.45) is 0 Å². The summed E-state index contributed by atoms with van der Waals surface area (Å²) in [6.45, 7) is 1.80. The van der Waals surface area contributed by atoms with Gasteiger partial charge in [0.2, 0.25) is 0 Å². The summed E-state index contributed by atoms with van der Waals surface area (Å²) in [7, 11) is 0. The Balaban J connectivity index is 1.98. The number of aromatic nitrogens is 1. The van der Waals surface area contributed by atoms with Crippen LogP contribution in [0, 0.1) is 18.6 Å². The summed E-state index contributed by atoms with van der Waals surface area (Å²) in [5.74, 6) is -4.19. The molecule has 0 saturated carbocycles. The lowest BCUT2D eigenvalue weighted by atomic mass is 9.97. The molecule has 31 heavy (non-hydrogen) atoms. The highest BCUT2D eigenvalue weighted by atomic mass is 79.9. The summed E-state index contributed by atoms with van der Waals surface area (Å²) in [5.41, 5.74) is 0.654. The topological polar surface area (TPSA) is 70.5 Å². The van der Waals surface area contributed by atoms with Crippen LogP contribution in [-0.4, -0.2) is 21.8 Å². The number of carbonyl (C=O) groups excluding carboxylic acids is 2. The van der Waals surface area contributed by atoms with Gasteiger partial charge in [-0.3, -0.25) is 19.5 Å². The highest BCUT2D eigenvalue weighted by molar-refractivity contribution is 9.10. The average Bonchev–Trinajstić information content (AvgIpc) is 3.02. The fraction of sp³-hybridized carbons (Fsp3) is 0.0870. The number of amides is 1. The van der Waals surface area contributed by atoms with Crippen LogP contribution in [-0.2, 0) is 9.59 Å². The van der Waals surface area contributed by atoms with E-state index in [-0.39, 0.29) is 11.3 Å². The zero-order valence-electron chi connectivity index (χ0n) is 16.1. The first kappa shape index (κ1) is 20.9. The van der Waals surface area contributed by atoms with E-state index in [9.17, 15) is 23.5 Å². The predicted molar refractivity (Wildman–Crippen MR) is 114 cm³/mol. The van der Waals surface area contributed by atoms with E-state index in [0.29, 0.717) is 5.56 Å². The van der Waals surface area contributed by atoms with Gasteiger partial charge < -0.3 is 5.11 Å². The molecule has 1 aliphatic heterocycles. The second kappa shape index (κ2) is 8.03. The minimum absolute atomic E-state index is 0.223. The SMILES string of the molecule is Cc1cc(/C(O)=C2\C(=O)C(=O)N(c3cc(F)ccc3F)C2c2ccccn2)ccc1Br. The Kier molecular flexibility index (Phi) is 5.41. The highest BCUT2D eigenvalue weighted by Gasteiger charge is 2.48. The van der Waals surface area contributed by atoms with Crippen molar-refractivity contribution in [3.8, 4) is 0 Å². The number of rotatable bonds is 3. The molecule has 0 aliphatic carbocycles. The largest absolute Gasteiger partial charge is 0.507 e. The Bertz CT molecular complexity index is 1240. The smallest absolute Gasteiger partial charge is 0.300 e. The number of halogens is 3. The maximum atomic E-state index is 14.6. The molecule has 0 radical (unpaired) electrons. The van der Waals surface area contributed by atoms with E-state index in [1.54, 1.807) is 43.3 Å². The van der Waals surface area contributed by atoms with Crippen molar-refractivity contribution in [1.82, 2.24) is 4.98 Å². The summed E-state index contributed by atoms with van der Waals surface area (Å²) in [6, 6.07) is 11.1. The van der Waals surface area contributed by atoms with Gasteiger partial charge in [-0.15, -0.1) is 0 Å². The van der Waals surface area contributed by atoms with E-state index in [1.165, 1.54) is 6.20 Å². The molecule has 1 saturated heterocycles. The van der Waals surface area contributed by atoms with Gasteiger partial charge in [-0.2, -0.15) is 0 Å². The molecule has 1 amide bonds. The molecule has 1 N–H and O–H groups in total. The Hall–Kier alpha value is -3.39. The minimum atomic E-state index is -1.23. The number of pyridine rings is 1. The normalized spacial score (nSPS) is 17.9. The van der Waals surface area contributed by atoms with Crippen molar-refractivity contribution in [3.63, 3.8) is 0 Å². The molecular weight excluding hydrogens is 470 g/mol. The Morgan fingerprint density at radius 1 is 1.10 bits per heavy atom. The minimum Gasteiger partial charge on any atom is -0.507 e. The maximum Gasteiger partial charge on any atom is 0.300 e. The molecule has 4 rings (SSSR count). The second-order valence-electron chi connectivity index (χ2n) is 6.98. The van der Waals surface area contributed by atoms with Crippen LogP contribution in [0.25, 0.3) is 5.76 Å². The van der Waals surface area contributed by atoms with Gasteiger partial charge >= 0.3 is 0 Å². The lowest BCUT2D eigenvalue weighted by Gasteiger charge is -2.25. The van der Waals surface area contributed by atoms with Gasteiger partial charge in [0.25, 0.3) is 11.7 Å². The van der Waals surface area contributed by atoms with Crippen LogP contribution >= 0.6 is 15.9 Å². The summed E-state index contributed by atoms with van der Waals surface area (Å²) >= 11 is 3.37. The van der Waals surface area contributed by atoms with Gasteiger partial charge in [-0.05, 0) is 48.9 Å². The molecule has 0 spiro atoms. The number of ketones is 1. The van der Waals surface area contributed by atoms with E-state index in [2.05, 4.69) is 20.9 Å². The van der Waals surface area contributed by atoms with E-state index in [0.717, 1.165) is 33.1 Å². The van der Waals surface area contributed by atoms with E-state index in [4.69, 9.17) is 0 Å².